The number of likely N-dealkylation sites (N-methyl/N-ethyl adjacent to an activating group) is 1. The van der Waals surface area contributed by atoms with Crippen LogP contribution in [0.25, 0.3) is 0 Å². The Morgan fingerprint density at radius 3 is 2.52 bits per heavy atom. The number of nitrogens with zero attached hydrogens (tertiary/aromatic N) is 4. The molecule has 1 atom stereocenters. The van der Waals surface area contributed by atoms with Crippen molar-refractivity contribution in [1.29, 1.82) is 0 Å². The zero-order valence-corrected chi connectivity index (χ0v) is 14.2. The second-order valence-corrected chi connectivity index (χ2v) is 5.98. The predicted molar refractivity (Wildman–Crippen MR) is 84.9 cm³/mol. The van der Waals surface area contributed by atoms with E-state index in [1.54, 1.807) is 0 Å². The molecular weight excluding hydrogens is 288 g/mol. The molecule has 1 aromatic heterocycles. The van der Waals surface area contributed by atoms with Crippen molar-refractivity contribution in [2.75, 3.05) is 25.4 Å². The van der Waals surface area contributed by atoms with Crippen molar-refractivity contribution < 1.29 is 9.90 Å². The molecule has 1 heterocycles. The minimum Gasteiger partial charge on any atom is -0.481 e. The molecule has 7 heteroatoms. The summed E-state index contributed by atoms with van der Waals surface area (Å²) in [5.74, 6) is 0.135. The molecule has 0 aliphatic carbocycles. The van der Waals surface area contributed by atoms with Crippen LogP contribution in [0.2, 0.25) is 0 Å². The zero-order chi connectivity index (χ0) is 15.8. The standard InChI is InChI=1S/C14H26N4O2S/c1-5-8-12-15-16-14(21-10-13(19)20)18(12)11(4)9-17(6-2)7-3/h11H,5-10H2,1-4H3,(H,19,20). The monoisotopic (exact) mass is 314 g/mol. The number of carbonyl (C=O) groups is 1. The summed E-state index contributed by atoms with van der Waals surface area (Å²) in [5, 5.41) is 18.0. The highest BCUT2D eigenvalue weighted by atomic mass is 32.2. The Kier molecular flexibility index (Phi) is 7.74. The van der Waals surface area contributed by atoms with E-state index < -0.39 is 5.97 Å². The van der Waals surface area contributed by atoms with E-state index in [-0.39, 0.29) is 11.8 Å². The molecule has 0 aromatic carbocycles. The van der Waals surface area contributed by atoms with Gasteiger partial charge < -0.3 is 14.6 Å². The number of hydrogen-bond acceptors (Lipinski definition) is 5. The quantitative estimate of drug-likeness (QED) is 0.668. The van der Waals surface area contributed by atoms with Crippen LogP contribution in [0.1, 0.15) is 46.0 Å². The van der Waals surface area contributed by atoms with Gasteiger partial charge in [-0.15, -0.1) is 10.2 Å². The molecule has 1 rings (SSSR count). The lowest BCUT2D eigenvalue weighted by molar-refractivity contribution is -0.133. The van der Waals surface area contributed by atoms with E-state index >= 15 is 0 Å². The van der Waals surface area contributed by atoms with Crippen LogP contribution in [-0.4, -0.2) is 56.1 Å². The van der Waals surface area contributed by atoms with E-state index in [9.17, 15) is 4.79 Å². The minimum atomic E-state index is -0.831. The van der Waals surface area contributed by atoms with Crippen molar-refractivity contribution in [1.82, 2.24) is 19.7 Å². The first kappa shape index (κ1) is 18.0. The lowest BCUT2D eigenvalue weighted by Crippen LogP contribution is -2.30. The average molecular weight is 314 g/mol. The lowest BCUT2D eigenvalue weighted by Gasteiger charge is -2.25. The maximum atomic E-state index is 10.8. The number of hydrogen-bond donors (Lipinski definition) is 1. The number of thioether (sulfide) groups is 1. The van der Waals surface area contributed by atoms with Crippen molar-refractivity contribution in [3.8, 4) is 0 Å². The SMILES string of the molecule is CCCc1nnc(SCC(=O)O)n1C(C)CN(CC)CC. The highest BCUT2D eigenvalue weighted by Crippen LogP contribution is 2.23. The number of carboxylic acids is 1. The van der Waals surface area contributed by atoms with Crippen LogP contribution in [-0.2, 0) is 11.2 Å². The molecule has 1 aromatic rings. The second kappa shape index (κ2) is 9.04. The van der Waals surface area contributed by atoms with E-state index in [1.807, 2.05) is 0 Å². The van der Waals surface area contributed by atoms with Crippen LogP contribution >= 0.6 is 11.8 Å². The molecule has 0 radical (unpaired) electrons. The van der Waals surface area contributed by atoms with Crippen LogP contribution in [0.3, 0.4) is 0 Å². The highest BCUT2D eigenvalue weighted by Gasteiger charge is 2.19. The van der Waals surface area contributed by atoms with Gasteiger partial charge in [0.2, 0.25) is 0 Å². The average Bonchev–Trinajstić information content (AvgIpc) is 2.85. The van der Waals surface area contributed by atoms with Crippen LogP contribution in [0.15, 0.2) is 5.16 Å². The summed E-state index contributed by atoms with van der Waals surface area (Å²) >= 11 is 1.24. The fourth-order valence-corrected chi connectivity index (χ4v) is 3.08. The number of aliphatic carboxylic acids is 1. The third-order valence-corrected chi connectivity index (χ3v) is 4.32. The third kappa shape index (κ3) is 5.32. The maximum Gasteiger partial charge on any atom is 0.313 e. The molecule has 0 amide bonds. The van der Waals surface area contributed by atoms with Gasteiger partial charge in [-0.3, -0.25) is 4.79 Å². The molecule has 0 saturated carbocycles. The smallest absolute Gasteiger partial charge is 0.313 e. The number of carboxylic acid groups (broad SMARTS) is 1. The van der Waals surface area contributed by atoms with Gasteiger partial charge in [-0.25, -0.2) is 0 Å². The van der Waals surface area contributed by atoms with Crippen LogP contribution in [0.5, 0.6) is 0 Å². The summed E-state index contributed by atoms with van der Waals surface area (Å²) in [6.45, 7) is 11.5. The number of aryl methyl sites for hydroxylation is 1. The summed E-state index contributed by atoms with van der Waals surface area (Å²) in [6, 6.07) is 0.234. The molecule has 1 unspecified atom stereocenters. The summed E-state index contributed by atoms with van der Waals surface area (Å²) in [5.41, 5.74) is 0. The Labute approximate surface area is 130 Å². The molecular formula is C14H26N4O2S. The Morgan fingerprint density at radius 2 is 2.00 bits per heavy atom. The van der Waals surface area contributed by atoms with Gasteiger partial charge in [0, 0.05) is 19.0 Å². The van der Waals surface area contributed by atoms with E-state index in [0.29, 0.717) is 5.16 Å². The molecule has 0 aliphatic rings. The van der Waals surface area contributed by atoms with Gasteiger partial charge in [0.05, 0.1) is 5.75 Å². The van der Waals surface area contributed by atoms with Crippen molar-refractivity contribution >= 4 is 17.7 Å². The fraction of sp³-hybridized carbons (Fsp3) is 0.786. The minimum absolute atomic E-state index is 0.0161. The zero-order valence-electron chi connectivity index (χ0n) is 13.4. The second-order valence-electron chi connectivity index (χ2n) is 5.04. The lowest BCUT2D eigenvalue weighted by atomic mass is 10.2. The normalized spacial score (nSPS) is 12.8. The Bertz CT molecular complexity index is 446. The van der Waals surface area contributed by atoms with Crippen LogP contribution in [0, 0.1) is 0 Å². The van der Waals surface area contributed by atoms with Crippen molar-refractivity contribution in [2.45, 2.75) is 51.7 Å². The van der Waals surface area contributed by atoms with E-state index in [0.717, 1.165) is 38.3 Å². The van der Waals surface area contributed by atoms with E-state index in [2.05, 4.69) is 47.4 Å². The highest BCUT2D eigenvalue weighted by molar-refractivity contribution is 7.99. The van der Waals surface area contributed by atoms with Crippen molar-refractivity contribution in [3.63, 3.8) is 0 Å². The first-order valence-corrected chi connectivity index (χ1v) is 8.52. The molecule has 1 N–H and O–H groups in total. The van der Waals surface area contributed by atoms with Gasteiger partial charge in [-0.1, -0.05) is 32.5 Å². The molecule has 0 spiro atoms. The molecule has 0 fully saturated rings. The van der Waals surface area contributed by atoms with Gasteiger partial charge in [0.25, 0.3) is 0 Å². The molecule has 6 nitrogen and oxygen atoms in total. The summed E-state index contributed by atoms with van der Waals surface area (Å²) in [4.78, 5) is 13.1. The molecule has 0 saturated heterocycles. The first-order valence-electron chi connectivity index (χ1n) is 7.54. The molecule has 0 bridgehead atoms. The first-order chi connectivity index (χ1) is 10.0. The van der Waals surface area contributed by atoms with E-state index in [1.165, 1.54) is 11.8 Å². The Hall–Kier alpha value is -1.08. The number of aromatic nitrogens is 3. The van der Waals surface area contributed by atoms with Gasteiger partial charge >= 0.3 is 5.97 Å². The Balaban J connectivity index is 2.93. The third-order valence-electron chi connectivity index (χ3n) is 3.39. The van der Waals surface area contributed by atoms with Gasteiger partial charge in [0.15, 0.2) is 5.16 Å². The molecule has 21 heavy (non-hydrogen) atoms. The maximum absolute atomic E-state index is 10.8. The van der Waals surface area contributed by atoms with Crippen LogP contribution < -0.4 is 0 Å². The van der Waals surface area contributed by atoms with Crippen LogP contribution in [0.4, 0.5) is 0 Å². The van der Waals surface area contributed by atoms with Gasteiger partial charge in [-0.2, -0.15) is 0 Å². The van der Waals surface area contributed by atoms with Gasteiger partial charge in [0.1, 0.15) is 5.82 Å². The largest absolute Gasteiger partial charge is 0.481 e. The summed E-state index contributed by atoms with van der Waals surface area (Å²) in [7, 11) is 0. The fourth-order valence-electron chi connectivity index (χ4n) is 2.31. The summed E-state index contributed by atoms with van der Waals surface area (Å²) in [6.07, 6.45) is 1.86. The van der Waals surface area contributed by atoms with Crippen molar-refractivity contribution in [2.24, 2.45) is 0 Å². The topological polar surface area (TPSA) is 71.2 Å². The molecule has 0 aliphatic heterocycles. The van der Waals surface area contributed by atoms with Gasteiger partial charge in [-0.05, 0) is 26.4 Å². The molecule has 120 valence electrons. The number of rotatable bonds is 10. The van der Waals surface area contributed by atoms with Crippen molar-refractivity contribution in [3.05, 3.63) is 5.82 Å². The van der Waals surface area contributed by atoms with E-state index in [4.69, 9.17) is 5.11 Å². The predicted octanol–water partition coefficient (Wildman–Crippen LogP) is 2.31. The Morgan fingerprint density at radius 1 is 1.33 bits per heavy atom. The summed E-state index contributed by atoms with van der Waals surface area (Å²) < 4.78 is 2.11.